The minimum absolute atomic E-state index is 0.0129. The highest BCUT2D eigenvalue weighted by molar-refractivity contribution is 6.25. The number of furan rings is 1. The molecule has 0 N–H and O–H groups in total. The fourth-order valence-corrected chi connectivity index (χ4v) is 6.78. The molecule has 2 heteroatoms. The number of hydrogen-bond donors (Lipinski definition) is 0. The molecule has 0 aliphatic heterocycles. The Morgan fingerprint density at radius 2 is 1.35 bits per heavy atom. The molecule has 2 aromatic heterocycles. The lowest BCUT2D eigenvalue weighted by Gasteiger charge is -2.48. The lowest BCUT2D eigenvalue weighted by molar-refractivity contribution is 0.300. The lowest BCUT2D eigenvalue weighted by Crippen LogP contribution is -2.43. The SMILES string of the molecule is CC(C)(C)c1cc2c(ccc3oc4ccc5c(c4c32)C(C)(C)C(C)(C)c2cccnc2-5)c2ccccc12. The summed E-state index contributed by atoms with van der Waals surface area (Å²) in [5.74, 6) is 0. The molecule has 1 aliphatic carbocycles. The van der Waals surface area contributed by atoms with Gasteiger partial charge in [0.15, 0.2) is 0 Å². The van der Waals surface area contributed by atoms with Crippen LogP contribution in [0.1, 0.15) is 65.2 Å². The highest BCUT2D eigenvalue weighted by atomic mass is 16.3. The summed E-state index contributed by atoms with van der Waals surface area (Å²) >= 11 is 0. The molecule has 0 spiro atoms. The lowest BCUT2D eigenvalue weighted by atomic mass is 9.55. The van der Waals surface area contributed by atoms with Crippen molar-refractivity contribution in [3.63, 3.8) is 0 Å². The second-order valence-electron chi connectivity index (χ2n) is 12.9. The minimum atomic E-state index is -0.138. The number of aromatic nitrogens is 1. The van der Waals surface area contributed by atoms with E-state index in [1.807, 2.05) is 6.20 Å². The van der Waals surface area contributed by atoms with Crippen LogP contribution in [0.4, 0.5) is 0 Å². The van der Waals surface area contributed by atoms with Crippen LogP contribution in [0.25, 0.3) is 54.7 Å². The van der Waals surface area contributed by atoms with E-state index in [1.54, 1.807) is 0 Å². The van der Waals surface area contributed by atoms with Gasteiger partial charge in [-0.1, -0.05) is 84.9 Å². The maximum absolute atomic E-state index is 6.59. The first kappa shape index (κ1) is 22.5. The number of hydrogen-bond acceptors (Lipinski definition) is 2. The first-order chi connectivity index (χ1) is 17.5. The van der Waals surface area contributed by atoms with Crippen LogP contribution >= 0.6 is 0 Å². The highest BCUT2D eigenvalue weighted by Crippen LogP contribution is 2.56. The zero-order chi connectivity index (χ0) is 25.9. The molecular formula is C35H33NO. The fraction of sp³-hybridized carbons (Fsp3) is 0.286. The van der Waals surface area contributed by atoms with E-state index in [0.29, 0.717) is 0 Å². The van der Waals surface area contributed by atoms with Gasteiger partial charge < -0.3 is 4.42 Å². The molecular weight excluding hydrogens is 450 g/mol. The molecule has 4 aromatic carbocycles. The monoisotopic (exact) mass is 483 g/mol. The van der Waals surface area contributed by atoms with Crippen LogP contribution in [-0.4, -0.2) is 4.98 Å². The third-order valence-corrected chi connectivity index (χ3v) is 9.37. The number of nitrogens with zero attached hydrogens (tertiary/aromatic N) is 1. The highest BCUT2D eigenvalue weighted by Gasteiger charge is 2.47. The topological polar surface area (TPSA) is 26.0 Å². The molecule has 37 heavy (non-hydrogen) atoms. The Morgan fingerprint density at radius 3 is 2.11 bits per heavy atom. The Labute approximate surface area is 218 Å². The second kappa shape index (κ2) is 7.01. The van der Waals surface area contributed by atoms with E-state index in [2.05, 4.69) is 115 Å². The van der Waals surface area contributed by atoms with Gasteiger partial charge in [-0.3, -0.25) is 4.98 Å². The molecule has 0 radical (unpaired) electrons. The summed E-state index contributed by atoms with van der Waals surface area (Å²) in [4.78, 5) is 4.91. The zero-order valence-corrected chi connectivity index (χ0v) is 22.8. The van der Waals surface area contributed by atoms with E-state index in [0.717, 1.165) is 16.9 Å². The van der Waals surface area contributed by atoms with E-state index in [4.69, 9.17) is 9.40 Å². The molecule has 2 nitrogen and oxygen atoms in total. The van der Waals surface area contributed by atoms with E-state index in [9.17, 15) is 0 Å². The molecule has 0 saturated carbocycles. The van der Waals surface area contributed by atoms with Crippen LogP contribution in [0.3, 0.4) is 0 Å². The van der Waals surface area contributed by atoms with Crippen molar-refractivity contribution >= 4 is 43.5 Å². The van der Waals surface area contributed by atoms with Gasteiger partial charge in [0, 0.05) is 33.4 Å². The quantitative estimate of drug-likeness (QED) is 0.201. The van der Waals surface area contributed by atoms with Crippen molar-refractivity contribution in [1.82, 2.24) is 4.98 Å². The first-order valence-electron chi connectivity index (χ1n) is 13.3. The third-order valence-electron chi connectivity index (χ3n) is 9.37. The number of rotatable bonds is 0. The van der Waals surface area contributed by atoms with Crippen molar-refractivity contribution in [2.24, 2.45) is 0 Å². The van der Waals surface area contributed by atoms with Gasteiger partial charge in [0.2, 0.25) is 0 Å². The van der Waals surface area contributed by atoms with E-state index >= 15 is 0 Å². The van der Waals surface area contributed by atoms with E-state index in [1.165, 1.54) is 54.6 Å². The van der Waals surface area contributed by atoms with Crippen LogP contribution in [0.2, 0.25) is 0 Å². The van der Waals surface area contributed by atoms with Crippen molar-refractivity contribution in [3.8, 4) is 11.3 Å². The van der Waals surface area contributed by atoms with Crippen molar-refractivity contribution in [1.29, 1.82) is 0 Å². The van der Waals surface area contributed by atoms with Crippen molar-refractivity contribution in [2.75, 3.05) is 0 Å². The van der Waals surface area contributed by atoms with Crippen molar-refractivity contribution < 1.29 is 4.42 Å². The van der Waals surface area contributed by atoms with Crippen LogP contribution in [0, 0.1) is 0 Å². The van der Waals surface area contributed by atoms with Gasteiger partial charge in [-0.15, -0.1) is 0 Å². The summed E-state index contributed by atoms with van der Waals surface area (Å²) in [5.41, 5.74) is 8.02. The molecule has 184 valence electrons. The van der Waals surface area contributed by atoms with Crippen molar-refractivity contribution in [3.05, 3.63) is 89.6 Å². The molecule has 6 aromatic rings. The van der Waals surface area contributed by atoms with Crippen LogP contribution in [0.15, 0.2) is 77.3 Å². The molecule has 0 saturated heterocycles. The average Bonchev–Trinajstić information content (AvgIpc) is 3.25. The van der Waals surface area contributed by atoms with Gasteiger partial charge >= 0.3 is 0 Å². The second-order valence-corrected chi connectivity index (χ2v) is 12.9. The molecule has 2 heterocycles. The number of benzene rings is 4. The Morgan fingerprint density at radius 1 is 0.676 bits per heavy atom. The molecule has 0 unspecified atom stereocenters. The summed E-state index contributed by atoms with van der Waals surface area (Å²) in [6.07, 6.45) is 1.92. The van der Waals surface area contributed by atoms with Crippen molar-refractivity contribution in [2.45, 2.75) is 64.7 Å². The maximum Gasteiger partial charge on any atom is 0.136 e. The molecule has 0 fully saturated rings. The predicted molar refractivity (Wildman–Crippen MR) is 157 cm³/mol. The number of fused-ring (bicyclic) bond motifs is 11. The smallest absolute Gasteiger partial charge is 0.136 e. The Kier molecular flexibility index (Phi) is 4.27. The van der Waals surface area contributed by atoms with Gasteiger partial charge in [-0.2, -0.15) is 0 Å². The molecule has 7 rings (SSSR count). The van der Waals surface area contributed by atoms with Crippen LogP contribution in [-0.2, 0) is 16.2 Å². The van der Waals surface area contributed by atoms with Gasteiger partial charge in [0.05, 0.1) is 5.69 Å². The normalized spacial score (nSPS) is 16.4. The fourth-order valence-electron chi connectivity index (χ4n) is 6.78. The van der Waals surface area contributed by atoms with Gasteiger partial charge in [0.1, 0.15) is 11.2 Å². The summed E-state index contributed by atoms with van der Waals surface area (Å²) in [7, 11) is 0. The summed E-state index contributed by atoms with van der Waals surface area (Å²) in [6, 6.07) is 24.4. The molecule has 0 bridgehead atoms. The molecule has 0 atom stereocenters. The van der Waals surface area contributed by atoms with E-state index < -0.39 is 0 Å². The third kappa shape index (κ3) is 2.79. The van der Waals surface area contributed by atoms with E-state index in [-0.39, 0.29) is 16.2 Å². The summed E-state index contributed by atoms with van der Waals surface area (Å²) in [5, 5.41) is 7.65. The molecule has 0 amide bonds. The largest absolute Gasteiger partial charge is 0.456 e. The van der Waals surface area contributed by atoms with Crippen LogP contribution in [0.5, 0.6) is 0 Å². The Balaban J connectivity index is 1.74. The predicted octanol–water partition coefficient (Wildman–Crippen LogP) is 9.82. The zero-order valence-electron chi connectivity index (χ0n) is 22.8. The summed E-state index contributed by atoms with van der Waals surface area (Å²) in [6.45, 7) is 16.4. The van der Waals surface area contributed by atoms with Gasteiger partial charge in [-0.25, -0.2) is 0 Å². The maximum atomic E-state index is 6.59. The Hall–Kier alpha value is -3.65. The minimum Gasteiger partial charge on any atom is -0.456 e. The first-order valence-corrected chi connectivity index (χ1v) is 13.3. The molecule has 1 aliphatic rings. The van der Waals surface area contributed by atoms with Crippen LogP contribution < -0.4 is 0 Å². The Bertz CT molecular complexity index is 1910. The summed E-state index contributed by atoms with van der Waals surface area (Å²) < 4.78 is 6.59. The van der Waals surface area contributed by atoms with Gasteiger partial charge in [0.25, 0.3) is 0 Å². The van der Waals surface area contributed by atoms with Gasteiger partial charge in [-0.05, 0) is 74.0 Å². The average molecular weight is 484 g/mol. The number of pyridine rings is 1. The standard InChI is InChI=1S/C35H33NO/c1-33(2,3)26-19-24-21(20-11-8-9-12-22(20)26)14-16-27-29(24)30-28(37-27)17-15-23-31(30)35(6,7)34(4,5)25-13-10-18-36-32(23)25/h8-19H,1-7H3.